The van der Waals surface area contributed by atoms with Crippen LogP contribution in [0, 0.1) is 0 Å². The lowest BCUT2D eigenvalue weighted by Crippen LogP contribution is -2.29. The standard InChI is InChI=1S/C13H10F4N2O2/c14-6-19-4-3-18-12(20)11-10(19)8-5-7(13(15,16)17)1-2-9(8)21-11/h1-2,5H,3-4,6H2,(H,18,20). The van der Waals surface area contributed by atoms with Gasteiger partial charge in [-0.1, -0.05) is 0 Å². The molecule has 8 heteroatoms. The first kappa shape index (κ1) is 13.7. The third-order valence-electron chi connectivity index (χ3n) is 3.32. The minimum absolute atomic E-state index is 0.0635. The predicted octanol–water partition coefficient (Wildman–Crippen LogP) is 2.93. The quantitative estimate of drug-likeness (QED) is 0.651. The van der Waals surface area contributed by atoms with Gasteiger partial charge in [0.25, 0.3) is 5.91 Å². The lowest BCUT2D eigenvalue weighted by Gasteiger charge is -2.17. The van der Waals surface area contributed by atoms with E-state index in [1.54, 1.807) is 0 Å². The number of fused-ring (bicyclic) bond motifs is 3. The Morgan fingerprint density at radius 2 is 2.10 bits per heavy atom. The van der Waals surface area contributed by atoms with Crippen molar-refractivity contribution in [2.45, 2.75) is 6.18 Å². The minimum atomic E-state index is -4.52. The van der Waals surface area contributed by atoms with Crippen molar-refractivity contribution in [3.05, 3.63) is 29.5 Å². The summed E-state index contributed by atoms with van der Waals surface area (Å²) in [6.07, 6.45) is -4.52. The van der Waals surface area contributed by atoms with Crippen LogP contribution >= 0.6 is 0 Å². The van der Waals surface area contributed by atoms with Crippen LogP contribution in [-0.2, 0) is 6.18 Å². The molecule has 0 bridgehead atoms. The molecular weight excluding hydrogens is 292 g/mol. The molecule has 0 saturated heterocycles. The first-order chi connectivity index (χ1) is 9.91. The molecule has 2 aromatic rings. The van der Waals surface area contributed by atoms with Crippen molar-refractivity contribution in [3.8, 4) is 0 Å². The van der Waals surface area contributed by atoms with Crippen LogP contribution in [0.4, 0.5) is 23.2 Å². The number of nitrogens with zero attached hydrogens (tertiary/aromatic N) is 1. The van der Waals surface area contributed by atoms with Gasteiger partial charge in [-0.3, -0.25) is 4.79 Å². The summed E-state index contributed by atoms with van der Waals surface area (Å²) >= 11 is 0. The second-order valence-electron chi connectivity index (χ2n) is 4.63. The van der Waals surface area contributed by atoms with Crippen LogP contribution in [0.5, 0.6) is 0 Å². The molecule has 2 heterocycles. The highest BCUT2D eigenvalue weighted by Gasteiger charge is 2.33. The van der Waals surface area contributed by atoms with E-state index in [1.165, 1.54) is 4.90 Å². The molecule has 0 radical (unpaired) electrons. The van der Waals surface area contributed by atoms with Gasteiger partial charge in [0.2, 0.25) is 5.76 Å². The molecule has 4 nitrogen and oxygen atoms in total. The molecule has 1 aromatic heterocycles. The van der Waals surface area contributed by atoms with E-state index < -0.39 is 24.4 Å². The molecule has 21 heavy (non-hydrogen) atoms. The number of amides is 1. The van der Waals surface area contributed by atoms with Gasteiger partial charge in [-0.05, 0) is 18.2 Å². The topological polar surface area (TPSA) is 45.5 Å². The number of anilines is 1. The molecule has 0 spiro atoms. The second-order valence-corrected chi connectivity index (χ2v) is 4.63. The lowest BCUT2D eigenvalue weighted by atomic mass is 10.1. The number of hydrogen-bond donors (Lipinski definition) is 1. The molecule has 1 amide bonds. The van der Waals surface area contributed by atoms with Crippen LogP contribution < -0.4 is 10.2 Å². The number of hydrogen-bond acceptors (Lipinski definition) is 3. The van der Waals surface area contributed by atoms with Gasteiger partial charge in [0, 0.05) is 18.5 Å². The van der Waals surface area contributed by atoms with E-state index >= 15 is 0 Å². The highest BCUT2D eigenvalue weighted by molar-refractivity contribution is 6.07. The van der Waals surface area contributed by atoms with Gasteiger partial charge in [0.1, 0.15) is 5.58 Å². The largest absolute Gasteiger partial charge is 0.449 e. The summed E-state index contributed by atoms with van der Waals surface area (Å²) in [6, 6.07) is 2.87. The maximum absolute atomic E-state index is 13.1. The summed E-state index contributed by atoms with van der Waals surface area (Å²) < 4.78 is 56.8. The summed E-state index contributed by atoms with van der Waals surface area (Å²) in [5.74, 6) is -0.731. The monoisotopic (exact) mass is 302 g/mol. The molecule has 1 N–H and O–H groups in total. The molecule has 0 aliphatic carbocycles. The smallest absolute Gasteiger partial charge is 0.416 e. The van der Waals surface area contributed by atoms with E-state index in [-0.39, 0.29) is 35.5 Å². The zero-order valence-electron chi connectivity index (χ0n) is 10.6. The Bertz CT molecular complexity index is 708. The van der Waals surface area contributed by atoms with Crippen LogP contribution in [0.25, 0.3) is 11.0 Å². The Balaban J connectivity index is 2.27. The van der Waals surface area contributed by atoms with Gasteiger partial charge in [-0.15, -0.1) is 0 Å². The van der Waals surface area contributed by atoms with Crippen LogP contribution in [-0.4, -0.2) is 25.8 Å². The minimum Gasteiger partial charge on any atom is -0.449 e. The SMILES string of the molecule is O=C1NCCN(CF)c2c1oc1ccc(C(F)(F)F)cc21. The van der Waals surface area contributed by atoms with Crippen molar-refractivity contribution in [1.29, 1.82) is 0 Å². The summed E-state index contributed by atoms with van der Waals surface area (Å²) in [5, 5.41) is 2.59. The fraction of sp³-hybridized carbons (Fsp3) is 0.308. The number of halogens is 4. The van der Waals surface area contributed by atoms with Crippen LogP contribution in [0.2, 0.25) is 0 Å². The van der Waals surface area contributed by atoms with Gasteiger partial charge in [-0.2, -0.15) is 13.2 Å². The number of furan rings is 1. The van der Waals surface area contributed by atoms with E-state index in [0.29, 0.717) is 0 Å². The van der Waals surface area contributed by atoms with E-state index in [4.69, 9.17) is 4.42 Å². The average Bonchev–Trinajstić information content (AvgIpc) is 2.73. The Morgan fingerprint density at radius 3 is 2.76 bits per heavy atom. The first-order valence-electron chi connectivity index (χ1n) is 6.14. The summed E-state index contributed by atoms with van der Waals surface area (Å²) in [5.41, 5.74) is -0.695. The van der Waals surface area contributed by atoms with Crippen molar-refractivity contribution < 1.29 is 26.8 Å². The van der Waals surface area contributed by atoms with Crippen molar-refractivity contribution >= 4 is 22.6 Å². The molecular formula is C13H10F4N2O2. The average molecular weight is 302 g/mol. The zero-order valence-corrected chi connectivity index (χ0v) is 10.6. The fourth-order valence-electron chi connectivity index (χ4n) is 2.34. The van der Waals surface area contributed by atoms with E-state index in [0.717, 1.165) is 18.2 Å². The number of carbonyl (C=O) groups is 1. The Kier molecular flexibility index (Phi) is 3.03. The number of carbonyl (C=O) groups excluding carboxylic acids is 1. The van der Waals surface area contributed by atoms with Crippen LogP contribution in [0.15, 0.2) is 22.6 Å². The molecule has 0 saturated carbocycles. The molecule has 1 aliphatic rings. The molecule has 0 unspecified atom stereocenters. The highest BCUT2D eigenvalue weighted by atomic mass is 19.4. The van der Waals surface area contributed by atoms with Gasteiger partial charge in [0.05, 0.1) is 11.3 Å². The zero-order chi connectivity index (χ0) is 15.2. The number of benzene rings is 1. The molecule has 3 rings (SSSR count). The van der Waals surface area contributed by atoms with Crippen molar-refractivity contribution in [3.63, 3.8) is 0 Å². The normalized spacial score (nSPS) is 15.8. The van der Waals surface area contributed by atoms with Crippen molar-refractivity contribution in [1.82, 2.24) is 5.32 Å². The summed E-state index contributed by atoms with van der Waals surface area (Å²) in [7, 11) is 0. The number of rotatable bonds is 1. The fourth-order valence-corrected chi connectivity index (χ4v) is 2.34. The predicted molar refractivity (Wildman–Crippen MR) is 66.9 cm³/mol. The second kappa shape index (κ2) is 4.64. The maximum atomic E-state index is 13.1. The van der Waals surface area contributed by atoms with Gasteiger partial charge in [0.15, 0.2) is 6.80 Å². The number of nitrogens with one attached hydrogen (secondary N) is 1. The van der Waals surface area contributed by atoms with Gasteiger partial charge in [-0.25, -0.2) is 4.39 Å². The summed E-state index contributed by atoms with van der Waals surface area (Å²) in [4.78, 5) is 13.0. The lowest BCUT2D eigenvalue weighted by molar-refractivity contribution is -0.137. The van der Waals surface area contributed by atoms with E-state index in [2.05, 4.69) is 5.32 Å². The van der Waals surface area contributed by atoms with E-state index in [9.17, 15) is 22.4 Å². The molecule has 1 aromatic carbocycles. The van der Waals surface area contributed by atoms with Gasteiger partial charge >= 0.3 is 6.18 Å². The first-order valence-corrected chi connectivity index (χ1v) is 6.14. The Morgan fingerprint density at radius 1 is 1.33 bits per heavy atom. The maximum Gasteiger partial charge on any atom is 0.416 e. The number of alkyl halides is 4. The highest BCUT2D eigenvalue weighted by Crippen LogP contribution is 2.39. The molecule has 0 fully saturated rings. The van der Waals surface area contributed by atoms with Crippen molar-refractivity contribution in [2.24, 2.45) is 0 Å². The Hall–Kier alpha value is -2.25. The van der Waals surface area contributed by atoms with Gasteiger partial charge < -0.3 is 14.6 Å². The molecule has 1 aliphatic heterocycles. The Labute approximate surface area is 116 Å². The van der Waals surface area contributed by atoms with Crippen molar-refractivity contribution in [2.75, 3.05) is 24.8 Å². The van der Waals surface area contributed by atoms with Crippen LogP contribution in [0.3, 0.4) is 0 Å². The summed E-state index contributed by atoms with van der Waals surface area (Å²) in [6.45, 7) is -0.583. The molecule has 0 atom stereocenters. The third kappa shape index (κ3) is 2.20. The van der Waals surface area contributed by atoms with E-state index in [1.807, 2.05) is 0 Å². The third-order valence-corrected chi connectivity index (χ3v) is 3.32. The van der Waals surface area contributed by atoms with Crippen LogP contribution in [0.1, 0.15) is 16.1 Å². The molecule has 112 valence electrons.